The van der Waals surface area contributed by atoms with Crippen LogP contribution in [-0.4, -0.2) is 65.4 Å². The van der Waals surface area contributed by atoms with Gasteiger partial charge in [0.1, 0.15) is 5.82 Å². The second kappa shape index (κ2) is 9.01. The van der Waals surface area contributed by atoms with Gasteiger partial charge in [-0.25, -0.2) is 9.07 Å². The number of hydrogen-bond acceptors (Lipinski definition) is 6. The summed E-state index contributed by atoms with van der Waals surface area (Å²) in [5.74, 6) is 0.659. The number of nitrogens with zero attached hydrogens (tertiary/aromatic N) is 7. The molecule has 1 aliphatic heterocycles. The fraction of sp³-hybridized carbons (Fsp3) is 0.435. The molecule has 2 aromatic carbocycles. The van der Waals surface area contributed by atoms with Crippen molar-refractivity contribution in [2.75, 3.05) is 50.1 Å². The first kappa shape index (κ1) is 21.2. The van der Waals surface area contributed by atoms with Crippen molar-refractivity contribution in [1.82, 2.24) is 25.1 Å². The van der Waals surface area contributed by atoms with Crippen LogP contribution in [0.3, 0.4) is 0 Å². The van der Waals surface area contributed by atoms with Crippen molar-refractivity contribution in [3.8, 4) is 0 Å². The van der Waals surface area contributed by atoms with E-state index >= 15 is 0 Å². The van der Waals surface area contributed by atoms with E-state index in [1.807, 2.05) is 30.9 Å². The molecule has 164 valence electrons. The van der Waals surface area contributed by atoms with Crippen LogP contribution in [0.5, 0.6) is 0 Å². The largest absolute Gasteiger partial charge is 0.378 e. The van der Waals surface area contributed by atoms with Gasteiger partial charge in [-0.3, -0.25) is 4.90 Å². The number of benzene rings is 2. The Morgan fingerprint density at radius 3 is 2.13 bits per heavy atom. The van der Waals surface area contributed by atoms with E-state index < -0.39 is 0 Å². The molecule has 1 saturated heterocycles. The number of piperazine rings is 1. The molecule has 0 aliphatic carbocycles. The molecule has 1 fully saturated rings. The molecular weight excluding hydrogens is 393 g/mol. The molecule has 0 bridgehead atoms. The molecule has 0 spiro atoms. The Labute approximate surface area is 183 Å². The summed E-state index contributed by atoms with van der Waals surface area (Å²) in [5, 5.41) is 12.7. The van der Waals surface area contributed by atoms with Crippen molar-refractivity contribution < 1.29 is 4.39 Å². The maximum Gasteiger partial charge on any atom is 0.173 e. The minimum atomic E-state index is -0.204. The van der Waals surface area contributed by atoms with Crippen LogP contribution in [-0.2, 0) is 0 Å². The Morgan fingerprint density at radius 1 is 0.903 bits per heavy atom. The lowest BCUT2D eigenvalue weighted by atomic mass is 10.0. The van der Waals surface area contributed by atoms with Crippen LogP contribution in [0, 0.1) is 5.82 Å². The molecule has 7 nitrogen and oxygen atoms in total. The monoisotopic (exact) mass is 423 g/mol. The molecule has 1 aromatic heterocycles. The molecule has 1 atom stereocenters. The van der Waals surface area contributed by atoms with Crippen molar-refractivity contribution in [1.29, 1.82) is 0 Å². The Balaban J connectivity index is 1.60. The van der Waals surface area contributed by atoms with Crippen LogP contribution in [0.2, 0.25) is 0 Å². The van der Waals surface area contributed by atoms with Crippen LogP contribution < -0.4 is 9.80 Å². The molecule has 4 rings (SSSR count). The zero-order valence-corrected chi connectivity index (χ0v) is 18.6. The quantitative estimate of drug-likeness (QED) is 0.606. The fourth-order valence-electron chi connectivity index (χ4n) is 4.12. The van der Waals surface area contributed by atoms with E-state index in [1.54, 1.807) is 0 Å². The van der Waals surface area contributed by atoms with E-state index in [1.165, 1.54) is 17.7 Å². The smallest absolute Gasteiger partial charge is 0.173 e. The Bertz CT molecular complexity index is 974. The molecule has 0 N–H and O–H groups in total. The van der Waals surface area contributed by atoms with Crippen molar-refractivity contribution in [3.63, 3.8) is 0 Å². The summed E-state index contributed by atoms with van der Waals surface area (Å²) in [4.78, 5) is 6.83. The molecule has 2 heterocycles. The van der Waals surface area contributed by atoms with Gasteiger partial charge in [0.25, 0.3) is 0 Å². The van der Waals surface area contributed by atoms with Crippen molar-refractivity contribution >= 4 is 11.4 Å². The second-order valence-corrected chi connectivity index (χ2v) is 8.46. The van der Waals surface area contributed by atoms with Crippen LogP contribution in [0.15, 0.2) is 48.5 Å². The van der Waals surface area contributed by atoms with Crippen LogP contribution >= 0.6 is 0 Å². The van der Waals surface area contributed by atoms with Gasteiger partial charge in [0.05, 0.1) is 12.1 Å². The number of rotatable bonds is 6. The normalized spacial score (nSPS) is 16.0. The number of anilines is 2. The number of tetrazole rings is 1. The van der Waals surface area contributed by atoms with Gasteiger partial charge in [-0.2, -0.15) is 0 Å². The lowest BCUT2D eigenvalue weighted by molar-refractivity contribution is 0.199. The summed E-state index contributed by atoms with van der Waals surface area (Å²) in [7, 11) is 4.08. The predicted octanol–water partition coefficient (Wildman–Crippen LogP) is 3.37. The van der Waals surface area contributed by atoms with Gasteiger partial charge in [0.2, 0.25) is 0 Å². The van der Waals surface area contributed by atoms with E-state index in [9.17, 15) is 4.39 Å². The van der Waals surface area contributed by atoms with Crippen molar-refractivity contribution in [2.45, 2.75) is 25.9 Å². The first-order valence-corrected chi connectivity index (χ1v) is 10.7. The average molecular weight is 424 g/mol. The van der Waals surface area contributed by atoms with E-state index in [4.69, 9.17) is 0 Å². The highest BCUT2D eigenvalue weighted by atomic mass is 19.1. The number of aromatic nitrogens is 4. The zero-order chi connectivity index (χ0) is 22.0. The Morgan fingerprint density at radius 2 is 1.55 bits per heavy atom. The third kappa shape index (κ3) is 4.54. The third-order valence-electron chi connectivity index (χ3n) is 5.85. The molecule has 31 heavy (non-hydrogen) atoms. The van der Waals surface area contributed by atoms with E-state index in [2.05, 4.69) is 68.3 Å². The first-order chi connectivity index (χ1) is 14.9. The highest BCUT2D eigenvalue weighted by molar-refractivity contribution is 5.48. The number of hydrogen-bond donors (Lipinski definition) is 0. The molecule has 0 saturated carbocycles. The molecular formula is C23H30FN7. The van der Waals surface area contributed by atoms with Gasteiger partial charge < -0.3 is 9.80 Å². The van der Waals surface area contributed by atoms with Gasteiger partial charge in [0.15, 0.2) is 5.82 Å². The standard InChI is InChI=1S/C23H30FN7/c1-17(2)31-23(25-26-27-31)22(18-5-9-20(10-6-18)28(3)4)30-15-13-29(14-16-30)21-11-7-19(24)8-12-21/h5-12,17,22H,13-16H2,1-4H3. The van der Waals surface area contributed by atoms with Gasteiger partial charge in [0, 0.05) is 51.6 Å². The molecule has 0 amide bonds. The van der Waals surface area contributed by atoms with Crippen molar-refractivity contribution in [3.05, 3.63) is 65.7 Å². The SMILES string of the molecule is CC(C)n1nnnc1C(c1ccc(N(C)C)cc1)N1CCN(c2ccc(F)cc2)CC1. The Kier molecular flexibility index (Phi) is 6.18. The summed E-state index contributed by atoms with van der Waals surface area (Å²) < 4.78 is 15.2. The van der Waals surface area contributed by atoms with Crippen LogP contribution in [0.1, 0.15) is 37.3 Å². The van der Waals surface area contributed by atoms with Gasteiger partial charge in [-0.15, -0.1) is 5.10 Å². The first-order valence-electron chi connectivity index (χ1n) is 10.7. The van der Waals surface area contributed by atoms with Gasteiger partial charge in [-0.05, 0) is 66.2 Å². The molecule has 1 unspecified atom stereocenters. The van der Waals surface area contributed by atoms with Crippen molar-refractivity contribution in [2.24, 2.45) is 0 Å². The second-order valence-electron chi connectivity index (χ2n) is 8.46. The van der Waals surface area contributed by atoms with Gasteiger partial charge >= 0.3 is 0 Å². The van der Waals surface area contributed by atoms with Crippen LogP contribution in [0.4, 0.5) is 15.8 Å². The summed E-state index contributed by atoms with van der Waals surface area (Å²) >= 11 is 0. The van der Waals surface area contributed by atoms with E-state index in [0.29, 0.717) is 0 Å². The lowest BCUT2D eigenvalue weighted by Crippen LogP contribution is -2.48. The highest BCUT2D eigenvalue weighted by Gasteiger charge is 2.31. The summed E-state index contributed by atoms with van der Waals surface area (Å²) in [5.41, 5.74) is 3.39. The number of halogens is 1. The zero-order valence-electron chi connectivity index (χ0n) is 18.6. The maximum absolute atomic E-state index is 13.3. The predicted molar refractivity (Wildman–Crippen MR) is 121 cm³/mol. The summed E-state index contributed by atoms with van der Waals surface area (Å²) in [6.07, 6.45) is 0. The average Bonchev–Trinajstić information content (AvgIpc) is 3.25. The third-order valence-corrected chi connectivity index (χ3v) is 5.85. The highest BCUT2D eigenvalue weighted by Crippen LogP contribution is 2.31. The fourth-order valence-corrected chi connectivity index (χ4v) is 4.12. The lowest BCUT2D eigenvalue weighted by Gasteiger charge is -2.40. The minimum Gasteiger partial charge on any atom is -0.378 e. The summed E-state index contributed by atoms with van der Waals surface area (Å²) in [6.45, 7) is 7.64. The molecule has 0 radical (unpaired) electrons. The van der Waals surface area contributed by atoms with E-state index in [-0.39, 0.29) is 17.9 Å². The van der Waals surface area contributed by atoms with Gasteiger partial charge in [-0.1, -0.05) is 12.1 Å². The molecule has 1 aliphatic rings. The van der Waals surface area contributed by atoms with E-state index in [0.717, 1.165) is 43.4 Å². The Hall–Kier alpha value is -3.00. The maximum atomic E-state index is 13.3. The topological polar surface area (TPSA) is 53.3 Å². The summed E-state index contributed by atoms with van der Waals surface area (Å²) in [6, 6.07) is 15.5. The molecule has 8 heteroatoms. The van der Waals surface area contributed by atoms with Crippen LogP contribution in [0.25, 0.3) is 0 Å². The minimum absolute atomic E-state index is 0.0241. The molecule has 3 aromatic rings.